The molecule has 5 aromatic rings. The van der Waals surface area contributed by atoms with Crippen LogP contribution in [0.5, 0.6) is 0 Å². The zero-order valence-corrected chi connectivity index (χ0v) is 19.8. The van der Waals surface area contributed by atoms with Crippen LogP contribution >= 0.6 is 0 Å². The molecule has 3 aromatic carbocycles. The lowest BCUT2D eigenvalue weighted by molar-refractivity contribution is -0.121. The van der Waals surface area contributed by atoms with Crippen LogP contribution in [0.3, 0.4) is 0 Å². The summed E-state index contributed by atoms with van der Waals surface area (Å²) in [7, 11) is 0. The van der Waals surface area contributed by atoms with Gasteiger partial charge in [0, 0.05) is 12.8 Å². The molecule has 0 unspecified atom stereocenters. The van der Waals surface area contributed by atoms with E-state index in [9.17, 15) is 9.59 Å². The van der Waals surface area contributed by atoms with Crippen molar-refractivity contribution >= 4 is 22.6 Å². The second kappa shape index (κ2) is 9.54. The van der Waals surface area contributed by atoms with Gasteiger partial charge < -0.3 is 5.32 Å². The smallest absolute Gasteiger partial charge is 0.263 e. The number of carbonyl (C=O) groups is 1. The van der Waals surface area contributed by atoms with Gasteiger partial charge in [0.15, 0.2) is 0 Å². The molecule has 0 radical (unpaired) electrons. The maximum absolute atomic E-state index is 13.4. The van der Waals surface area contributed by atoms with E-state index in [4.69, 9.17) is 0 Å². The van der Waals surface area contributed by atoms with Crippen molar-refractivity contribution in [3.63, 3.8) is 0 Å². The van der Waals surface area contributed by atoms with Gasteiger partial charge in [0.25, 0.3) is 5.56 Å². The summed E-state index contributed by atoms with van der Waals surface area (Å²) < 4.78 is 3.56. The molecule has 0 spiro atoms. The van der Waals surface area contributed by atoms with Gasteiger partial charge in [-0.3, -0.25) is 18.6 Å². The molecule has 5 rings (SSSR count). The average Bonchev–Trinajstić information content (AvgIpc) is 3.31. The molecule has 0 aliphatic rings. The van der Waals surface area contributed by atoms with Crippen LogP contribution < -0.4 is 10.9 Å². The quantitative estimate of drug-likeness (QED) is 0.390. The third kappa shape index (κ3) is 4.57. The first-order chi connectivity index (χ1) is 17.0. The van der Waals surface area contributed by atoms with E-state index >= 15 is 0 Å². The highest BCUT2D eigenvalue weighted by molar-refractivity contribution is 5.80. The maximum Gasteiger partial charge on any atom is 0.263 e. The highest BCUT2D eigenvalue weighted by Crippen LogP contribution is 2.17. The number of hydrogen-bond donors (Lipinski definition) is 1. The summed E-state index contributed by atoms with van der Waals surface area (Å²) in [4.78, 5) is 26.1. The Labute approximate surface area is 203 Å². The molecule has 176 valence electrons. The van der Waals surface area contributed by atoms with Crippen molar-refractivity contribution in [2.24, 2.45) is 0 Å². The van der Waals surface area contributed by atoms with Crippen molar-refractivity contribution in [2.75, 3.05) is 0 Å². The van der Waals surface area contributed by atoms with Crippen LogP contribution in [0.2, 0.25) is 0 Å². The van der Waals surface area contributed by atoms with Gasteiger partial charge in [-0.1, -0.05) is 72.3 Å². The Morgan fingerprint density at radius 3 is 2.43 bits per heavy atom. The lowest BCUT2D eigenvalue weighted by atomic mass is 10.1. The van der Waals surface area contributed by atoms with Crippen molar-refractivity contribution in [2.45, 2.75) is 39.3 Å². The Hall–Kier alpha value is -4.26. The van der Waals surface area contributed by atoms with E-state index in [2.05, 4.69) is 15.5 Å². The molecule has 0 saturated carbocycles. The number of hydrogen-bond acceptors (Lipinski definition) is 4. The van der Waals surface area contributed by atoms with Gasteiger partial charge in [-0.15, -0.1) is 10.2 Å². The van der Waals surface area contributed by atoms with Crippen LogP contribution in [0.15, 0.2) is 83.7 Å². The van der Waals surface area contributed by atoms with Crippen LogP contribution in [0.25, 0.3) is 16.7 Å². The number of aromatic nitrogens is 4. The van der Waals surface area contributed by atoms with Crippen LogP contribution in [0.1, 0.15) is 41.9 Å². The van der Waals surface area contributed by atoms with E-state index < -0.39 is 0 Å². The van der Waals surface area contributed by atoms with Crippen molar-refractivity contribution in [3.05, 3.63) is 112 Å². The molecule has 1 N–H and O–H groups in total. The van der Waals surface area contributed by atoms with Crippen LogP contribution in [0, 0.1) is 6.92 Å². The van der Waals surface area contributed by atoms with Crippen LogP contribution in [0.4, 0.5) is 0 Å². The van der Waals surface area contributed by atoms with E-state index in [1.807, 2.05) is 97.1 Å². The zero-order chi connectivity index (χ0) is 24.4. The number of nitrogens with one attached hydrogen (secondary N) is 1. The normalized spacial score (nSPS) is 12.2. The third-order valence-electron chi connectivity index (χ3n) is 6.29. The van der Waals surface area contributed by atoms with Gasteiger partial charge in [-0.25, -0.2) is 0 Å². The molecule has 2 aromatic heterocycles. The average molecular weight is 466 g/mol. The molecule has 2 heterocycles. The van der Waals surface area contributed by atoms with Crippen molar-refractivity contribution in [1.29, 1.82) is 0 Å². The Morgan fingerprint density at radius 1 is 0.943 bits per heavy atom. The minimum absolute atomic E-state index is 0.0598. The van der Waals surface area contributed by atoms with Crippen molar-refractivity contribution in [1.82, 2.24) is 24.5 Å². The Balaban J connectivity index is 1.45. The van der Waals surface area contributed by atoms with Gasteiger partial charge >= 0.3 is 0 Å². The topological polar surface area (TPSA) is 81.3 Å². The minimum Gasteiger partial charge on any atom is -0.350 e. The fourth-order valence-electron chi connectivity index (χ4n) is 4.36. The Bertz CT molecular complexity index is 1550. The Morgan fingerprint density at radius 2 is 1.66 bits per heavy atom. The highest BCUT2D eigenvalue weighted by atomic mass is 16.1. The minimum atomic E-state index is -0.109. The predicted octanol–water partition coefficient (Wildman–Crippen LogP) is 4.21. The fraction of sp³-hybridized carbons (Fsp3) is 0.214. The number of aryl methyl sites for hydroxylation is 2. The second-order valence-electron chi connectivity index (χ2n) is 8.85. The van der Waals surface area contributed by atoms with Gasteiger partial charge in [0.2, 0.25) is 11.7 Å². The zero-order valence-electron chi connectivity index (χ0n) is 19.8. The molecule has 0 bridgehead atoms. The number of amides is 1. The number of fused-ring (bicyclic) bond motifs is 3. The summed E-state index contributed by atoms with van der Waals surface area (Å²) in [6.07, 6.45) is 0.671. The van der Waals surface area contributed by atoms with E-state index in [-0.39, 0.29) is 23.9 Å². The first kappa shape index (κ1) is 22.5. The molecular formula is C28H27N5O2. The number of benzene rings is 3. The van der Waals surface area contributed by atoms with Gasteiger partial charge in [0.1, 0.15) is 5.82 Å². The number of nitrogens with zero attached hydrogens (tertiary/aromatic N) is 4. The lowest BCUT2D eigenvalue weighted by Gasteiger charge is -2.14. The molecular weight excluding hydrogens is 438 g/mol. The summed E-state index contributed by atoms with van der Waals surface area (Å²) in [6.45, 7) is 4.39. The molecule has 7 nitrogen and oxygen atoms in total. The molecule has 0 aliphatic heterocycles. The van der Waals surface area contributed by atoms with E-state index in [1.54, 1.807) is 4.57 Å². The molecule has 0 saturated heterocycles. The highest BCUT2D eigenvalue weighted by Gasteiger charge is 2.18. The molecule has 1 atom stereocenters. The fourth-order valence-corrected chi connectivity index (χ4v) is 4.36. The van der Waals surface area contributed by atoms with Gasteiger partial charge in [-0.05, 0) is 37.1 Å². The summed E-state index contributed by atoms with van der Waals surface area (Å²) in [5.41, 5.74) is 3.86. The second-order valence-corrected chi connectivity index (χ2v) is 8.85. The first-order valence-corrected chi connectivity index (χ1v) is 11.8. The van der Waals surface area contributed by atoms with Crippen molar-refractivity contribution in [3.8, 4) is 0 Å². The standard InChI is InChI=1S/C28H27N5O2/c1-19-12-14-21(15-13-19)18-32-27(35)23-10-6-7-11-24(23)33-25(30-31-28(32)33)16-17-26(34)29-20(2)22-8-4-3-5-9-22/h3-15,20H,16-18H2,1-2H3,(H,29,34)/t20-/m1/s1. The summed E-state index contributed by atoms with van der Waals surface area (Å²) in [6, 6.07) is 25.3. The molecule has 7 heteroatoms. The Kier molecular flexibility index (Phi) is 6.14. The first-order valence-electron chi connectivity index (χ1n) is 11.8. The van der Waals surface area contributed by atoms with Crippen molar-refractivity contribution < 1.29 is 4.79 Å². The number of para-hydroxylation sites is 1. The molecule has 35 heavy (non-hydrogen) atoms. The van der Waals surface area contributed by atoms with Crippen LogP contribution in [-0.4, -0.2) is 25.1 Å². The summed E-state index contributed by atoms with van der Waals surface area (Å²) in [5.74, 6) is 1.06. The van der Waals surface area contributed by atoms with Crippen LogP contribution in [-0.2, 0) is 17.8 Å². The SMILES string of the molecule is Cc1ccc(Cn2c(=O)c3ccccc3n3c(CCC(=O)N[C@H](C)c4ccccc4)nnc23)cc1. The maximum atomic E-state index is 13.4. The monoisotopic (exact) mass is 465 g/mol. The summed E-state index contributed by atoms with van der Waals surface area (Å²) >= 11 is 0. The largest absolute Gasteiger partial charge is 0.350 e. The van der Waals surface area contributed by atoms with Gasteiger partial charge in [-0.2, -0.15) is 0 Å². The van der Waals surface area contributed by atoms with E-state index in [0.29, 0.717) is 30.0 Å². The number of rotatable bonds is 7. The third-order valence-corrected chi connectivity index (χ3v) is 6.29. The molecule has 1 amide bonds. The summed E-state index contributed by atoms with van der Waals surface area (Å²) in [5, 5.41) is 12.4. The predicted molar refractivity (Wildman–Crippen MR) is 136 cm³/mol. The molecule has 0 fully saturated rings. The lowest BCUT2D eigenvalue weighted by Crippen LogP contribution is -2.27. The molecule has 0 aliphatic carbocycles. The van der Waals surface area contributed by atoms with Gasteiger partial charge in [0.05, 0.1) is 23.5 Å². The van der Waals surface area contributed by atoms with E-state index in [0.717, 1.165) is 22.2 Å². The van der Waals surface area contributed by atoms with E-state index in [1.165, 1.54) is 0 Å². The number of carbonyl (C=O) groups excluding carboxylic acids is 1.